The number of nitrogens with zero attached hydrogens (tertiary/aromatic N) is 1. The van der Waals surface area contributed by atoms with Crippen molar-refractivity contribution in [3.63, 3.8) is 0 Å². The van der Waals surface area contributed by atoms with Crippen molar-refractivity contribution >= 4 is 5.91 Å². The lowest BCUT2D eigenvalue weighted by molar-refractivity contribution is -0.125. The third-order valence-corrected chi connectivity index (χ3v) is 4.76. The molecule has 0 atom stereocenters. The van der Waals surface area contributed by atoms with Crippen LogP contribution in [0.3, 0.4) is 0 Å². The molecular weight excluding hydrogens is 248 g/mol. The lowest BCUT2D eigenvalue weighted by Crippen LogP contribution is -2.40. The number of allylic oxidation sites excluding steroid dienone is 1. The predicted octanol–water partition coefficient (Wildman–Crippen LogP) is 2.97. The Bertz CT molecular complexity index is 333. The molecule has 114 valence electrons. The molecule has 0 aromatic heterocycles. The molecule has 3 heteroatoms. The number of hydrogen-bond acceptors (Lipinski definition) is 2. The van der Waals surface area contributed by atoms with Crippen LogP contribution in [0.15, 0.2) is 11.6 Å². The summed E-state index contributed by atoms with van der Waals surface area (Å²) in [6.07, 6.45) is 9.44. The van der Waals surface area contributed by atoms with Crippen LogP contribution in [0.4, 0.5) is 0 Å². The average Bonchev–Trinajstić information content (AvgIpc) is 2.98. The molecule has 1 aliphatic heterocycles. The fourth-order valence-electron chi connectivity index (χ4n) is 3.26. The molecule has 1 heterocycles. The molecule has 2 fully saturated rings. The summed E-state index contributed by atoms with van der Waals surface area (Å²) in [5.74, 6) is 1.31. The van der Waals surface area contributed by atoms with Gasteiger partial charge < -0.3 is 5.32 Å². The van der Waals surface area contributed by atoms with Gasteiger partial charge >= 0.3 is 0 Å². The quantitative estimate of drug-likeness (QED) is 0.784. The molecule has 0 bridgehead atoms. The van der Waals surface area contributed by atoms with E-state index < -0.39 is 0 Å². The summed E-state index contributed by atoms with van der Waals surface area (Å²) >= 11 is 0. The Morgan fingerprint density at radius 2 is 1.80 bits per heavy atom. The van der Waals surface area contributed by atoms with Gasteiger partial charge in [0, 0.05) is 19.0 Å². The van der Waals surface area contributed by atoms with Crippen LogP contribution in [-0.2, 0) is 4.79 Å². The number of carbonyl (C=O) groups is 1. The van der Waals surface area contributed by atoms with E-state index in [2.05, 4.69) is 30.1 Å². The SMILES string of the molecule is CC(C)=CCN1CCC(CNC(=O)C2CCCC2)CC1. The standard InChI is InChI=1S/C17H30N2O/c1-14(2)7-10-19-11-8-15(9-12-19)13-18-17(20)16-5-3-4-6-16/h7,15-16H,3-6,8-13H2,1-2H3,(H,18,20). The molecule has 0 radical (unpaired) electrons. The Kier molecular flexibility index (Phi) is 6.08. The van der Waals surface area contributed by atoms with Crippen LogP contribution < -0.4 is 5.32 Å². The first-order valence-electron chi connectivity index (χ1n) is 8.28. The fourth-order valence-corrected chi connectivity index (χ4v) is 3.26. The molecule has 0 spiro atoms. The van der Waals surface area contributed by atoms with Gasteiger partial charge in [0.2, 0.25) is 5.91 Å². The average molecular weight is 278 g/mol. The van der Waals surface area contributed by atoms with Gasteiger partial charge in [-0.15, -0.1) is 0 Å². The number of likely N-dealkylation sites (tertiary alicyclic amines) is 1. The van der Waals surface area contributed by atoms with Gasteiger partial charge in [-0.2, -0.15) is 0 Å². The minimum atomic E-state index is 0.313. The van der Waals surface area contributed by atoms with Gasteiger partial charge in [-0.05, 0) is 58.5 Å². The molecule has 1 saturated carbocycles. The molecule has 0 aromatic rings. The Hall–Kier alpha value is -0.830. The van der Waals surface area contributed by atoms with Crippen molar-refractivity contribution in [2.24, 2.45) is 11.8 Å². The molecule has 1 amide bonds. The van der Waals surface area contributed by atoms with Crippen LogP contribution in [0.1, 0.15) is 52.4 Å². The van der Waals surface area contributed by atoms with E-state index in [-0.39, 0.29) is 0 Å². The molecule has 0 unspecified atom stereocenters. The third kappa shape index (κ3) is 4.93. The summed E-state index contributed by atoms with van der Waals surface area (Å²) in [4.78, 5) is 14.5. The second-order valence-electron chi connectivity index (χ2n) is 6.75. The van der Waals surface area contributed by atoms with Crippen LogP contribution in [0.2, 0.25) is 0 Å². The maximum Gasteiger partial charge on any atom is 0.223 e. The first-order chi connectivity index (χ1) is 9.65. The molecular formula is C17H30N2O. The van der Waals surface area contributed by atoms with E-state index in [1.54, 1.807) is 0 Å². The van der Waals surface area contributed by atoms with Gasteiger partial charge in [0.1, 0.15) is 0 Å². The number of carbonyl (C=O) groups excluding carboxylic acids is 1. The smallest absolute Gasteiger partial charge is 0.223 e. The highest BCUT2D eigenvalue weighted by Crippen LogP contribution is 2.25. The fraction of sp³-hybridized carbons (Fsp3) is 0.824. The van der Waals surface area contributed by atoms with E-state index in [1.165, 1.54) is 44.3 Å². The number of hydrogen-bond donors (Lipinski definition) is 1. The van der Waals surface area contributed by atoms with Gasteiger partial charge in [0.05, 0.1) is 0 Å². The van der Waals surface area contributed by atoms with Gasteiger partial charge in [-0.3, -0.25) is 9.69 Å². The van der Waals surface area contributed by atoms with Gasteiger partial charge in [0.25, 0.3) is 0 Å². The second kappa shape index (κ2) is 7.82. The second-order valence-corrected chi connectivity index (χ2v) is 6.75. The number of amides is 1. The summed E-state index contributed by atoms with van der Waals surface area (Å²) in [6, 6.07) is 0. The predicted molar refractivity (Wildman–Crippen MR) is 83.6 cm³/mol. The molecule has 1 saturated heterocycles. The first-order valence-corrected chi connectivity index (χ1v) is 8.28. The van der Waals surface area contributed by atoms with Crippen LogP contribution >= 0.6 is 0 Å². The summed E-state index contributed by atoms with van der Waals surface area (Å²) in [6.45, 7) is 8.65. The van der Waals surface area contributed by atoms with Crippen molar-refractivity contribution in [2.45, 2.75) is 52.4 Å². The first kappa shape index (κ1) is 15.6. The van der Waals surface area contributed by atoms with E-state index in [0.29, 0.717) is 17.7 Å². The summed E-state index contributed by atoms with van der Waals surface area (Å²) < 4.78 is 0. The van der Waals surface area contributed by atoms with Crippen LogP contribution in [0.5, 0.6) is 0 Å². The van der Waals surface area contributed by atoms with Crippen LogP contribution in [0.25, 0.3) is 0 Å². The van der Waals surface area contributed by atoms with E-state index >= 15 is 0 Å². The molecule has 3 nitrogen and oxygen atoms in total. The van der Waals surface area contributed by atoms with E-state index in [1.807, 2.05) is 0 Å². The van der Waals surface area contributed by atoms with Crippen LogP contribution in [-0.4, -0.2) is 37.0 Å². The van der Waals surface area contributed by atoms with E-state index in [4.69, 9.17) is 0 Å². The van der Waals surface area contributed by atoms with Crippen LogP contribution in [0, 0.1) is 11.8 Å². The zero-order valence-corrected chi connectivity index (χ0v) is 13.2. The van der Waals surface area contributed by atoms with Crippen molar-refractivity contribution in [3.8, 4) is 0 Å². The number of piperidine rings is 1. The molecule has 20 heavy (non-hydrogen) atoms. The lowest BCUT2D eigenvalue weighted by atomic mass is 9.96. The zero-order chi connectivity index (χ0) is 14.4. The maximum absolute atomic E-state index is 12.0. The Labute approximate surface area is 123 Å². The zero-order valence-electron chi connectivity index (χ0n) is 13.2. The molecule has 0 aromatic carbocycles. The Morgan fingerprint density at radius 1 is 1.15 bits per heavy atom. The Morgan fingerprint density at radius 3 is 2.40 bits per heavy atom. The molecule has 1 N–H and O–H groups in total. The van der Waals surface area contributed by atoms with Crippen molar-refractivity contribution in [1.29, 1.82) is 0 Å². The monoisotopic (exact) mass is 278 g/mol. The third-order valence-electron chi connectivity index (χ3n) is 4.76. The topological polar surface area (TPSA) is 32.3 Å². The van der Waals surface area contributed by atoms with E-state index in [9.17, 15) is 4.79 Å². The maximum atomic E-state index is 12.0. The van der Waals surface area contributed by atoms with Crippen molar-refractivity contribution in [3.05, 3.63) is 11.6 Å². The highest BCUT2D eigenvalue weighted by atomic mass is 16.1. The normalized spacial score (nSPS) is 21.9. The number of rotatable bonds is 5. The largest absolute Gasteiger partial charge is 0.356 e. The highest BCUT2D eigenvalue weighted by Gasteiger charge is 2.24. The minimum absolute atomic E-state index is 0.313. The van der Waals surface area contributed by atoms with Crippen molar-refractivity contribution in [2.75, 3.05) is 26.2 Å². The van der Waals surface area contributed by atoms with Gasteiger partial charge in [0.15, 0.2) is 0 Å². The highest BCUT2D eigenvalue weighted by molar-refractivity contribution is 5.78. The summed E-state index contributed by atoms with van der Waals surface area (Å²) in [5, 5.41) is 3.19. The van der Waals surface area contributed by atoms with Gasteiger partial charge in [-0.1, -0.05) is 24.5 Å². The summed E-state index contributed by atoms with van der Waals surface area (Å²) in [7, 11) is 0. The van der Waals surface area contributed by atoms with Crippen molar-refractivity contribution in [1.82, 2.24) is 10.2 Å². The Balaban J connectivity index is 1.62. The van der Waals surface area contributed by atoms with Crippen molar-refractivity contribution < 1.29 is 4.79 Å². The number of nitrogens with one attached hydrogen (secondary N) is 1. The van der Waals surface area contributed by atoms with E-state index in [0.717, 1.165) is 25.9 Å². The minimum Gasteiger partial charge on any atom is -0.356 e. The lowest BCUT2D eigenvalue weighted by Gasteiger charge is -2.31. The molecule has 2 rings (SSSR count). The van der Waals surface area contributed by atoms with Gasteiger partial charge in [-0.25, -0.2) is 0 Å². The molecule has 2 aliphatic rings. The molecule has 1 aliphatic carbocycles. The summed E-state index contributed by atoms with van der Waals surface area (Å²) in [5.41, 5.74) is 1.40.